The first kappa shape index (κ1) is 17.8. The highest BCUT2D eigenvalue weighted by Crippen LogP contribution is 2.26. The molecule has 0 unspecified atom stereocenters. The summed E-state index contributed by atoms with van der Waals surface area (Å²) in [6.45, 7) is 1.78. The number of phenols is 1. The number of hydrogen-bond donors (Lipinski definition) is 2. The Bertz CT molecular complexity index is 551. The number of carbonyl (C=O) groups is 2. The average molecular weight is 328 g/mol. The largest absolute Gasteiger partial charge is 0.504 e. The number of methoxy groups -OCH3 is 1. The molecule has 1 atom stereocenters. The molecule has 0 aliphatic carbocycles. The molecule has 0 saturated heterocycles. The van der Waals surface area contributed by atoms with Crippen LogP contribution in [0.5, 0.6) is 11.5 Å². The summed E-state index contributed by atoms with van der Waals surface area (Å²) in [4.78, 5) is 34.0. The van der Waals surface area contributed by atoms with E-state index in [0.717, 1.165) is 0 Å². The molecule has 0 fully saturated rings. The minimum Gasteiger partial charge on any atom is -0.504 e. The number of amides is 1. The van der Waals surface area contributed by atoms with Gasteiger partial charge in [0.15, 0.2) is 11.5 Å². The van der Waals surface area contributed by atoms with Gasteiger partial charge in [-0.1, -0.05) is 0 Å². The Morgan fingerprint density at radius 3 is 2.77 bits per heavy atom. The normalized spacial score (nSPS) is 11.4. The topological polar surface area (TPSA) is 114 Å². The molecule has 0 aromatic heterocycles. The molecule has 0 heterocycles. The second-order valence-corrected chi connectivity index (χ2v) is 4.78. The Kier molecular flexibility index (Phi) is 7.17. The second-order valence-electron chi connectivity index (χ2n) is 4.04. The minimum atomic E-state index is -1.00. The Hall–Kier alpha value is -2.29. The average Bonchev–Trinajstić information content (AvgIpc) is 2.51. The van der Waals surface area contributed by atoms with Crippen LogP contribution in [0.1, 0.15) is 17.3 Å². The number of rotatable bonds is 8. The van der Waals surface area contributed by atoms with Crippen LogP contribution in [0, 0.1) is 4.91 Å². The van der Waals surface area contributed by atoms with Crippen LogP contribution in [0.25, 0.3) is 0 Å². The van der Waals surface area contributed by atoms with Gasteiger partial charge in [0.2, 0.25) is 0 Å². The zero-order chi connectivity index (χ0) is 16.5. The summed E-state index contributed by atoms with van der Waals surface area (Å²) in [6.07, 6.45) is 0. The van der Waals surface area contributed by atoms with Gasteiger partial charge in [-0.25, -0.2) is 4.79 Å². The first-order valence-corrected chi connectivity index (χ1v) is 7.26. The zero-order valence-electron chi connectivity index (χ0n) is 12.1. The maximum Gasteiger partial charge on any atom is 0.329 e. The first-order chi connectivity index (χ1) is 10.5. The molecule has 0 radical (unpaired) electrons. The molecule has 1 aromatic rings. The van der Waals surface area contributed by atoms with Gasteiger partial charge in [0, 0.05) is 27.8 Å². The van der Waals surface area contributed by atoms with Crippen LogP contribution < -0.4 is 10.1 Å². The van der Waals surface area contributed by atoms with E-state index in [0.29, 0.717) is 11.9 Å². The smallest absolute Gasteiger partial charge is 0.329 e. The molecule has 1 rings (SSSR count). The molecule has 0 spiro atoms. The number of carbonyl (C=O) groups excluding carboxylic acids is 2. The van der Waals surface area contributed by atoms with E-state index in [1.165, 1.54) is 25.3 Å². The highest BCUT2D eigenvalue weighted by atomic mass is 32.2. The predicted molar refractivity (Wildman–Crippen MR) is 80.8 cm³/mol. The number of nitrogens with zero attached hydrogens (tertiary/aromatic N) is 1. The third-order valence-electron chi connectivity index (χ3n) is 2.61. The van der Waals surface area contributed by atoms with Gasteiger partial charge in [0.05, 0.1) is 13.7 Å². The van der Waals surface area contributed by atoms with E-state index in [2.05, 4.69) is 9.90 Å². The Morgan fingerprint density at radius 2 is 2.18 bits per heavy atom. The van der Waals surface area contributed by atoms with Crippen molar-refractivity contribution >= 4 is 23.8 Å². The molecule has 120 valence electrons. The molecule has 0 saturated carbocycles. The fourth-order valence-corrected chi connectivity index (χ4v) is 2.01. The number of ether oxygens (including phenoxy) is 2. The molecular formula is C13H16N2O6S. The van der Waals surface area contributed by atoms with E-state index in [1.807, 2.05) is 0 Å². The molecule has 8 nitrogen and oxygen atoms in total. The molecule has 1 aromatic carbocycles. The van der Waals surface area contributed by atoms with Crippen molar-refractivity contribution in [3.8, 4) is 11.5 Å². The third kappa shape index (κ3) is 4.92. The fourth-order valence-electron chi connectivity index (χ4n) is 1.58. The second kappa shape index (κ2) is 8.88. The number of aromatic hydroxyl groups is 1. The summed E-state index contributed by atoms with van der Waals surface area (Å²) >= 11 is 0.607. The SMILES string of the molecule is CCOC(=O)[C@H](CSN=O)NC(=O)c1ccc(O)c(OC)c1. The maximum atomic E-state index is 12.1. The highest BCUT2D eigenvalue weighted by molar-refractivity contribution is 7.97. The van der Waals surface area contributed by atoms with E-state index in [4.69, 9.17) is 9.47 Å². The first-order valence-electron chi connectivity index (χ1n) is 6.32. The monoisotopic (exact) mass is 328 g/mol. The van der Waals surface area contributed by atoms with Crippen molar-refractivity contribution in [2.24, 2.45) is 4.58 Å². The summed E-state index contributed by atoms with van der Waals surface area (Å²) in [5, 5.41) is 11.9. The fraction of sp³-hybridized carbons (Fsp3) is 0.385. The van der Waals surface area contributed by atoms with Crippen LogP contribution in [0.2, 0.25) is 0 Å². The number of benzene rings is 1. The molecule has 0 bridgehead atoms. The van der Waals surface area contributed by atoms with E-state index >= 15 is 0 Å². The highest BCUT2D eigenvalue weighted by Gasteiger charge is 2.23. The quantitative estimate of drug-likeness (QED) is 0.422. The predicted octanol–water partition coefficient (Wildman–Crippen LogP) is 1.48. The van der Waals surface area contributed by atoms with Crippen LogP contribution in [0.3, 0.4) is 0 Å². The van der Waals surface area contributed by atoms with Crippen molar-refractivity contribution in [2.45, 2.75) is 13.0 Å². The molecule has 2 N–H and O–H groups in total. The molecule has 22 heavy (non-hydrogen) atoms. The van der Waals surface area contributed by atoms with Crippen molar-refractivity contribution in [3.05, 3.63) is 28.7 Å². The van der Waals surface area contributed by atoms with E-state index in [1.54, 1.807) is 6.92 Å². The number of esters is 1. The van der Waals surface area contributed by atoms with Gasteiger partial charge >= 0.3 is 5.97 Å². The summed E-state index contributed by atoms with van der Waals surface area (Å²) in [5.74, 6) is -1.24. The third-order valence-corrected chi connectivity index (χ3v) is 3.20. The Balaban J connectivity index is 2.85. The van der Waals surface area contributed by atoms with E-state index in [9.17, 15) is 19.6 Å². The number of nitroso groups, excluding NO2 is 1. The van der Waals surface area contributed by atoms with Crippen LogP contribution in [0.4, 0.5) is 0 Å². The van der Waals surface area contributed by atoms with Crippen molar-refractivity contribution in [1.29, 1.82) is 0 Å². The molecule has 1 amide bonds. The van der Waals surface area contributed by atoms with Gasteiger partial charge in [0.1, 0.15) is 6.04 Å². The summed E-state index contributed by atoms with van der Waals surface area (Å²) in [5.41, 5.74) is 0.188. The molecule has 0 aliphatic rings. The lowest BCUT2D eigenvalue weighted by Gasteiger charge is -2.16. The molecule has 9 heteroatoms. The van der Waals surface area contributed by atoms with Gasteiger partial charge in [-0.15, -0.1) is 4.91 Å². The van der Waals surface area contributed by atoms with Gasteiger partial charge in [-0.2, -0.15) is 0 Å². The van der Waals surface area contributed by atoms with Crippen molar-refractivity contribution < 1.29 is 24.2 Å². The van der Waals surface area contributed by atoms with Crippen LogP contribution >= 0.6 is 11.9 Å². The number of hydrogen-bond acceptors (Lipinski definition) is 8. The number of nitrogens with one attached hydrogen (secondary N) is 1. The maximum absolute atomic E-state index is 12.1. The van der Waals surface area contributed by atoms with Crippen molar-refractivity contribution in [1.82, 2.24) is 5.32 Å². The number of phenolic OH excluding ortho intramolecular Hbond substituents is 1. The van der Waals surface area contributed by atoms with Crippen LogP contribution in [0.15, 0.2) is 22.8 Å². The van der Waals surface area contributed by atoms with E-state index in [-0.39, 0.29) is 29.4 Å². The van der Waals surface area contributed by atoms with E-state index < -0.39 is 17.9 Å². The lowest BCUT2D eigenvalue weighted by Crippen LogP contribution is -2.43. The Morgan fingerprint density at radius 1 is 1.45 bits per heavy atom. The lowest BCUT2D eigenvalue weighted by molar-refractivity contribution is -0.144. The molecular weight excluding hydrogens is 312 g/mol. The molecule has 0 aliphatic heterocycles. The summed E-state index contributed by atoms with van der Waals surface area (Å²) in [7, 11) is 1.35. The van der Waals surface area contributed by atoms with Crippen molar-refractivity contribution in [2.75, 3.05) is 19.5 Å². The Labute approximate surface area is 131 Å². The van der Waals surface area contributed by atoms with Gasteiger partial charge in [-0.3, -0.25) is 4.79 Å². The minimum absolute atomic E-state index is 0.0384. The lowest BCUT2D eigenvalue weighted by atomic mass is 10.1. The van der Waals surface area contributed by atoms with Crippen LogP contribution in [-0.4, -0.2) is 42.5 Å². The van der Waals surface area contributed by atoms with Gasteiger partial charge in [0.25, 0.3) is 5.91 Å². The van der Waals surface area contributed by atoms with Crippen molar-refractivity contribution in [3.63, 3.8) is 0 Å². The van der Waals surface area contributed by atoms with Gasteiger partial charge in [-0.05, 0) is 25.1 Å². The van der Waals surface area contributed by atoms with Crippen LogP contribution in [-0.2, 0) is 9.53 Å². The summed E-state index contributed by atoms with van der Waals surface area (Å²) < 4.78 is 12.3. The zero-order valence-corrected chi connectivity index (χ0v) is 12.9. The van der Waals surface area contributed by atoms with Gasteiger partial charge < -0.3 is 19.9 Å². The summed E-state index contributed by atoms with van der Waals surface area (Å²) in [6, 6.07) is 3.00. The standard InChI is InChI=1S/C13H16N2O6S/c1-3-21-13(18)9(7-22-15-19)14-12(17)8-4-5-10(16)11(6-8)20-2/h4-6,9,16H,3,7H2,1-2H3,(H,14,17)/t9-/m0/s1.